The summed E-state index contributed by atoms with van der Waals surface area (Å²) >= 11 is 0. The van der Waals surface area contributed by atoms with Crippen LogP contribution in [0, 0.1) is 12.3 Å². The molecule has 0 spiro atoms. The average Bonchev–Trinajstić information content (AvgIpc) is 2.80. The molecule has 0 saturated heterocycles. The molecule has 0 saturated carbocycles. The minimum atomic E-state index is -0.183. The zero-order valence-corrected chi connectivity index (χ0v) is 13.2. The van der Waals surface area contributed by atoms with Crippen LogP contribution in [-0.2, 0) is 0 Å². The number of rotatable bonds is 4. The van der Waals surface area contributed by atoms with Gasteiger partial charge in [-0.25, -0.2) is 0 Å². The van der Waals surface area contributed by atoms with Gasteiger partial charge in [-0.3, -0.25) is 4.79 Å². The summed E-state index contributed by atoms with van der Waals surface area (Å²) in [7, 11) is 0. The van der Waals surface area contributed by atoms with E-state index in [1.807, 2.05) is 25.1 Å². The van der Waals surface area contributed by atoms with E-state index < -0.39 is 0 Å². The van der Waals surface area contributed by atoms with E-state index in [2.05, 4.69) is 26.1 Å². The van der Waals surface area contributed by atoms with E-state index in [9.17, 15) is 4.79 Å². The molecule has 1 aromatic carbocycles. The lowest BCUT2D eigenvalue weighted by molar-refractivity contribution is 0.0873. The number of aryl methyl sites for hydroxylation is 1. The highest BCUT2D eigenvalue weighted by Crippen LogP contribution is 2.24. The largest absolute Gasteiger partial charge is 0.451 e. The summed E-state index contributed by atoms with van der Waals surface area (Å²) in [6, 6.07) is 7.68. The van der Waals surface area contributed by atoms with Crippen LogP contribution in [0.25, 0.3) is 11.0 Å². The number of fused-ring (bicyclic) bond motifs is 1. The molecule has 0 aliphatic rings. The van der Waals surface area contributed by atoms with Crippen molar-refractivity contribution in [2.75, 3.05) is 6.54 Å². The number of hydrogen-bond donors (Lipinski definition) is 2. The lowest BCUT2D eigenvalue weighted by Crippen LogP contribution is -2.44. The second-order valence-corrected chi connectivity index (χ2v) is 6.62. The van der Waals surface area contributed by atoms with Crippen molar-refractivity contribution in [3.8, 4) is 0 Å². The molecule has 1 amide bonds. The van der Waals surface area contributed by atoms with Gasteiger partial charge in [0.25, 0.3) is 5.91 Å². The number of carbonyl (C=O) groups excluding carboxylic acids is 1. The van der Waals surface area contributed by atoms with Crippen LogP contribution < -0.4 is 11.1 Å². The van der Waals surface area contributed by atoms with Crippen LogP contribution in [0.3, 0.4) is 0 Å². The number of amides is 1. The Hall–Kier alpha value is -1.81. The van der Waals surface area contributed by atoms with Crippen LogP contribution in [0.5, 0.6) is 0 Å². The standard InChI is InChI=1S/C17H24N2O2/c1-11-5-6-13-12(9-11)10-14(21-13)16(20)19-15(7-8-18)17(2,3)4/h5-6,9-10,15H,7-8,18H2,1-4H3,(H,19,20). The predicted molar refractivity (Wildman–Crippen MR) is 85.3 cm³/mol. The average molecular weight is 288 g/mol. The molecule has 4 heteroatoms. The number of furan rings is 1. The van der Waals surface area contributed by atoms with Crippen molar-refractivity contribution in [1.82, 2.24) is 5.32 Å². The lowest BCUT2D eigenvalue weighted by Gasteiger charge is -2.30. The minimum Gasteiger partial charge on any atom is -0.451 e. The topological polar surface area (TPSA) is 68.3 Å². The summed E-state index contributed by atoms with van der Waals surface area (Å²) in [5.74, 6) is 0.166. The maximum atomic E-state index is 12.4. The maximum absolute atomic E-state index is 12.4. The third-order valence-electron chi connectivity index (χ3n) is 3.70. The number of hydrogen-bond acceptors (Lipinski definition) is 3. The highest BCUT2D eigenvalue weighted by molar-refractivity contribution is 5.96. The number of carbonyl (C=O) groups is 1. The van der Waals surface area contributed by atoms with E-state index in [-0.39, 0.29) is 17.4 Å². The molecule has 1 heterocycles. The molecule has 2 rings (SSSR count). The van der Waals surface area contributed by atoms with Gasteiger partial charge in [-0.1, -0.05) is 32.4 Å². The summed E-state index contributed by atoms with van der Waals surface area (Å²) in [5.41, 5.74) is 7.48. The van der Waals surface area contributed by atoms with Crippen molar-refractivity contribution in [2.24, 2.45) is 11.1 Å². The molecular weight excluding hydrogens is 264 g/mol. The van der Waals surface area contributed by atoms with Crippen LogP contribution >= 0.6 is 0 Å². The van der Waals surface area contributed by atoms with Gasteiger partial charge < -0.3 is 15.5 Å². The molecule has 0 radical (unpaired) electrons. The fourth-order valence-electron chi connectivity index (χ4n) is 2.39. The Balaban J connectivity index is 2.21. The summed E-state index contributed by atoms with van der Waals surface area (Å²) < 4.78 is 5.63. The lowest BCUT2D eigenvalue weighted by atomic mass is 9.84. The van der Waals surface area contributed by atoms with Crippen molar-refractivity contribution in [3.05, 3.63) is 35.6 Å². The fourth-order valence-corrected chi connectivity index (χ4v) is 2.39. The molecule has 2 aromatic rings. The van der Waals surface area contributed by atoms with Crippen molar-refractivity contribution < 1.29 is 9.21 Å². The zero-order chi connectivity index (χ0) is 15.6. The SMILES string of the molecule is Cc1ccc2oc(C(=O)NC(CCN)C(C)(C)C)cc2c1. The van der Waals surface area contributed by atoms with E-state index in [0.29, 0.717) is 12.3 Å². The number of benzene rings is 1. The molecule has 1 unspecified atom stereocenters. The Labute approximate surface area is 125 Å². The third-order valence-corrected chi connectivity index (χ3v) is 3.70. The quantitative estimate of drug-likeness (QED) is 0.907. The predicted octanol–water partition coefficient (Wildman–Crippen LogP) is 3.23. The van der Waals surface area contributed by atoms with E-state index >= 15 is 0 Å². The third kappa shape index (κ3) is 3.64. The molecule has 3 N–H and O–H groups in total. The van der Waals surface area contributed by atoms with Gasteiger partial charge in [-0.2, -0.15) is 0 Å². The summed E-state index contributed by atoms with van der Waals surface area (Å²) in [5, 5.41) is 3.99. The summed E-state index contributed by atoms with van der Waals surface area (Å²) in [6.45, 7) is 8.84. The van der Waals surface area contributed by atoms with Gasteiger partial charge in [-0.15, -0.1) is 0 Å². The molecule has 4 nitrogen and oxygen atoms in total. The summed E-state index contributed by atoms with van der Waals surface area (Å²) in [6.07, 6.45) is 0.745. The Morgan fingerprint density at radius 2 is 2.05 bits per heavy atom. The first-order valence-electron chi connectivity index (χ1n) is 7.32. The molecule has 0 aliphatic carbocycles. The van der Waals surface area contributed by atoms with E-state index in [4.69, 9.17) is 10.2 Å². The molecule has 1 atom stereocenters. The monoisotopic (exact) mass is 288 g/mol. The molecule has 1 aromatic heterocycles. The fraction of sp³-hybridized carbons (Fsp3) is 0.471. The van der Waals surface area contributed by atoms with E-state index in [1.165, 1.54) is 0 Å². The van der Waals surface area contributed by atoms with E-state index in [1.54, 1.807) is 6.07 Å². The summed E-state index contributed by atoms with van der Waals surface area (Å²) in [4.78, 5) is 12.4. The Bertz CT molecular complexity index is 638. The first kappa shape index (κ1) is 15.6. The second-order valence-electron chi connectivity index (χ2n) is 6.62. The van der Waals surface area contributed by atoms with Gasteiger partial charge in [0.1, 0.15) is 5.58 Å². The minimum absolute atomic E-state index is 0.0185. The van der Waals surface area contributed by atoms with Crippen molar-refractivity contribution in [3.63, 3.8) is 0 Å². The van der Waals surface area contributed by atoms with Crippen LogP contribution in [0.2, 0.25) is 0 Å². The maximum Gasteiger partial charge on any atom is 0.287 e. The van der Waals surface area contributed by atoms with Crippen molar-refractivity contribution >= 4 is 16.9 Å². The highest BCUT2D eigenvalue weighted by Gasteiger charge is 2.26. The van der Waals surface area contributed by atoms with Gasteiger partial charge >= 0.3 is 0 Å². The molecule has 0 bridgehead atoms. The van der Waals surface area contributed by atoms with Gasteiger partial charge in [-0.05, 0) is 43.5 Å². The van der Waals surface area contributed by atoms with Crippen molar-refractivity contribution in [1.29, 1.82) is 0 Å². The zero-order valence-electron chi connectivity index (χ0n) is 13.2. The molecular formula is C17H24N2O2. The molecule has 0 aliphatic heterocycles. The first-order chi connectivity index (χ1) is 9.81. The van der Waals surface area contributed by atoms with Gasteiger partial charge in [0, 0.05) is 11.4 Å². The van der Waals surface area contributed by atoms with Crippen LogP contribution in [-0.4, -0.2) is 18.5 Å². The van der Waals surface area contributed by atoms with Crippen LogP contribution in [0.4, 0.5) is 0 Å². The molecule has 21 heavy (non-hydrogen) atoms. The molecule has 114 valence electrons. The highest BCUT2D eigenvalue weighted by atomic mass is 16.3. The van der Waals surface area contributed by atoms with Gasteiger partial charge in [0.05, 0.1) is 0 Å². The second kappa shape index (κ2) is 5.90. The number of nitrogens with two attached hydrogens (primary N) is 1. The Morgan fingerprint density at radius 3 is 2.67 bits per heavy atom. The van der Waals surface area contributed by atoms with Gasteiger partial charge in [0.15, 0.2) is 5.76 Å². The Morgan fingerprint density at radius 1 is 1.33 bits per heavy atom. The smallest absolute Gasteiger partial charge is 0.287 e. The first-order valence-corrected chi connectivity index (χ1v) is 7.32. The molecule has 0 fully saturated rings. The van der Waals surface area contributed by atoms with Crippen LogP contribution in [0.1, 0.15) is 43.3 Å². The van der Waals surface area contributed by atoms with Crippen LogP contribution in [0.15, 0.2) is 28.7 Å². The van der Waals surface area contributed by atoms with E-state index in [0.717, 1.165) is 23.0 Å². The van der Waals surface area contributed by atoms with Crippen molar-refractivity contribution in [2.45, 2.75) is 40.2 Å². The van der Waals surface area contributed by atoms with Gasteiger partial charge in [0.2, 0.25) is 0 Å². The normalized spacial score (nSPS) is 13.4. The number of nitrogens with one attached hydrogen (secondary N) is 1. The Kier molecular flexibility index (Phi) is 4.37.